The molecule has 1 aromatic carbocycles. The SMILES string of the molecule is COc1cc(-c2cn(C)c(=O)c3[nH]ncc23)cc(OC)c1CN1C[C@H]2C[C@@H]1CN2C(C)C. The summed E-state index contributed by atoms with van der Waals surface area (Å²) in [5.74, 6) is 1.60. The molecule has 0 aliphatic carbocycles. The molecule has 0 saturated carbocycles. The van der Waals surface area contributed by atoms with Gasteiger partial charge in [-0.2, -0.15) is 5.10 Å². The average Bonchev–Trinajstić information content (AvgIpc) is 3.52. The highest BCUT2D eigenvalue weighted by atomic mass is 16.5. The normalized spacial score (nSPS) is 21.2. The van der Waals surface area contributed by atoms with Crippen molar-refractivity contribution in [3.63, 3.8) is 0 Å². The summed E-state index contributed by atoms with van der Waals surface area (Å²) in [6, 6.07) is 5.89. The third kappa shape index (κ3) is 3.29. The van der Waals surface area contributed by atoms with E-state index in [1.807, 2.05) is 18.3 Å². The van der Waals surface area contributed by atoms with Gasteiger partial charge in [0, 0.05) is 62.0 Å². The van der Waals surface area contributed by atoms with Gasteiger partial charge in [0.2, 0.25) is 0 Å². The van der Waals surface area contributed by atoms with Crippen molar-refractivity contribution in [3.05, 3.63) is 40.4 Å². The van der Waals surface area contributed by atoms with Gasteiger partial charge >= 0.3 is 0 Å². The minimum absolute atomic E-state index is 0.101. The van der Waals surface area contributed by atoms with Crippen LogP contribution in [0.25, 0.3) is 22.0 Å². The summed E-state index contributed by atoms with van der Waals surface area (Å²) in [5.41, 5.74) is 3.30. The molecule has 2 aliphatic rings. The standard InChI is InChI=1S/C24H31N5O3/c1-14(2)29-11-16-8-17(29)10-28(16)13-20-21(31-4)6-15(7-22(20)32-5)19-12-27(3)24(30)23-18(19)9-25-26-23/h6-7,9,12,14,16-17H,8,10-11,13H2,1-5H3,(H,25,26)/t16-,17-/m1/s1. The number of aromatic nitrogens is 3. The first-order valence-corrected chi connectivity index (χ1v) is 11.2. The van der Waals surface area contributed by atoms with Crippen LogP contribution in [0.3, 0.4) is 0 Å². The monoisotopic (exact) mass is 437 g/mol. The third-order valence-electron chi connectivity index (χ3n) is 7.13. The van der Waals surface area contributed by atoms with E-state index in [0.717, 1.165) is 53.2 Å². The predicted molar refractivity (Wildman–Crippen MR) is 124 cm³/mol. The number of benzene rings is 1. The number of piperazine rings is 1. The molecule has 8 heteroatoms. The Hall–Kier alpha value is -2.84. The highest BCUT2D eigenvalue weighted by molar-refractivity contribution is 5.94. The molecule has 3 aromatic rings. The molecule has 4 heterocycles. The first-order chi connectivity index (χ1) is 15.4. The second-order valence-corrected chi connectivity index (χ2v) is 9.24. The van der Waals surface area contributed by atoms with Crippen molar-refractivity contribution in [2.24, 2.45) is 7.05 Å². The van der Waals surface area contributed by atoms with Gasteiger partial charge in [-0.15, -0.1) is 0 Å². The summed E-state index contributed by atoms with van der Waals surface area (Å²) in [6.07, 6.45) is 4.77. The zero-order valence-electron chi connectivity index (χ0n) is 19.4. The lowest BCUT2D eigenvalue weighted by Crippen LogP contribution is -2.48. The number of fused-ring (bicyclic) bond motifs is 3. The molecule has 170 valence electrons. The lowest BCUT2D eigenvalue weighted by molar-refractivity contribution is 0.0987. The van der Waals surface area contributed by atoms with E-state index in [9.17, 15) is 4.79 Å². The van der Waals surface area contributed by atoms with E-state index in [-0.39, 0.29) is 5.56 Å². The van der Waals surface area contributed by atoms with Crippen LogP contribution >= 0.6 is 0 Å². The Bertz CT molecular complexity index is 1190. The number of methoxy groups -OCH3 is 2. The van der Waals surface area contributed by atoms with Crippen molar-refractivity contribution in [2.75, 3.05) is 27.3 Å². The molecule has 0 radical (unpaired) electrons. The number of likely N-dealkylation sites (tertiary alicyclic amines) is 2. The van der Waals surface area contributed by atoms with Crippen LogP contribution in [0.2, 0.25) is 0 Å². The Morgan fingerprint density at radius 1 is 1.16 bits per heavy atom. The quantitative estimate of drug-likeness (QED) is 0.639. The van der Waals surface area contributed by atoms with E-state index in [2.05, 4.69) is 33.8 Å². The van der Waals surface area contributed by atoms with Crippen molar-refractivity contribution in [2.45, 2.75) is 44.9 Å². The highest BCUT2D eigenvalue weighted by Crippen LogP contribution is 2.40. The largest absolute Gasteiger partial charge is 0.496 e. The van der Waals surface area contributed by atoms with E-state index in [4.69, 9.17) is 9.47 Å². The lowest BCUT2D eigenvalue weighted by Gasteiger charge is -2.36. The van der Waals surface area contributed by atoms with Crippen molar-refractivity contribution in [3.8, 4) is 22.6 Å². The van der Waals surface area contributed by atoms with Gasteiger partial charge in [-0.1, -0.05) is 0 Å². The molecule has 2 aromatic heterocycles. The Morgan fingerprint density at radius 2 is 1.88 bits per heavy atom. The summed E-state index contributed by atoms with van der Waals surface area (Å²) >= 11 is 0. The van der Waals surface area contributed by atoms with E-state index < -0.39 is 0 Å². The molecule has 2 fully saturated rings. The highest BCUT2D eigenvalue weighted by Gasteiger charge is 2.44. The summed E-state index contributed by atoms with van der Waals surface area (Å²) in [7, 11) is 5.15. The number of rotatable bonds is 6. The maximum atomic E-state index is 12.4. The summed E-state index contributed by atoms with van der Waals surface area (Å²) < 4.78 is 13.2. The first-order valence-electron chi connectivity index (χ1n) is 11.2. The van der Waals surface area contributed by atoms with E-state index in [1.54, 1.807) is 32.0 Å². The maximum absolute atomic E-state index is 12.4. The Kier molecular flexibility index (Phi) is 5.22. The predicted octanol–water partition coefficient (Wildman–Crippen LogP) is 2.61. The zero-order valence-corrected chi connectivity index (χ0v) is 19.4. The number of nitrogens with one attached hydrogen (secondary N) is 1. The minimum Gasteiger partial charge on any atom is -0.496 e. The first kappa shape index (κ1) is 21.0. The number of ether oxygens (including phenoxy) is 2. The zero-order chi connectivity index (χ0) is 22.6. The van der Waals surface area contributed by atoms with Crippen molar-refractivity contribution < 1.29 is 9.47 Å². The van der Waals surface area contributed by atoms with E-state index in [1.165, 1.54) is 6.42 Å². The van der Waals surface area contributed by atoms with Crippen molar-refractivity contribution >= 4 is 10.9 Å². The Balaban J connectivity index is 1.52. The number of pyridine rings is 1. The van der Waals surface area contributed by atoms with Gasteiger partial charge in [0.15, 0.2) is 0 Å². The van der Waals surface area contributed by atoms with Gasteiger partial charge < -0.3 is 14.0 Å². The van der Waals surface area contributed by atoms with Gasteiger partial charge in [0.25, 0.3) is 5.56 Å². The molecule has 0 unspecified atom stereocenters. The Labute approximate surface area is 187 Å². The lowest BCUT2D eigenvalue weighted by atomic mass is 10.00. The summed E-state index contributed by atoms with van der Waals surface area (Å²) in [6.45, 7) is 7.57. The van der Waals surface area contributed by atoms with Crippen molar-refractivity contribution in [1.82, 2.24) is 24.6 Å². The van der Waals surface area contributed by atoms with Gasteiger partial charge in [0.1, 0.15) is 17.0 Å². The maximum Gasteiger partial charge on any atom is 0.276 e. The molecule has 5 rings (SSSR count). The molecular formula is C24H31N5O3. The molecule has 2 aliphatic heterocycles. The second-order valence-electron chi connectivity index (χ2n) is 9.24. The summed E-state index contributed by atoms with van der Waals surface area (Å²) in [5, 5.41) is 7.70. The van der Waals surface area contributed by atoms with Gasteiger partial charge in [-0.25, -0.2) is 0 Å². The van der Waals surface area contributed by atoms with Gasteiger partial charge in [-0.3, -0.25) is 19.7 Å². The molecule has 0 amide bonds. The van der Waals surface area contributed by atoms with Crippen LogP contribution in [0, 0.1) is 0 Å². The van der Waals surface area contributed by atoms with Crippen LogP contribution in [-0.2, 0) is 13.6 Å². The van der Waals surface area contributed by atoms with Crippen molar-refractivity contribution in [1.29, 1.82) is 0 Å². The topological polar surface area (TPSA) is 75.6 Å². The van der Waals surface area contributed by atoms with Crippen LogP contribution < -0.4 is 15.0 Å². The number of aromatic amines is 1. The molecule has 2 bridgehead atoms. The van der Waals surface area contributed by atoms with E-state index >= 15 is 0 Å². The third-order valence-corrected chi connectivity index (χ3v) is 7.13. The number of H-pyrrole nitrogens is 1. The molecule has 0 spiro atoms. The van der Waals surface area contributed by atoms with E-state index in [0.29, 0.717) is 23.6 Å². The number of hydrogen-bond acceptors (Lipinski definition) is 6. The molecule has 8 nitrogen and oxygen atoms in total. The number of nitrogens with zero attached hydrogens (tertiary/aromatic N) is 4. The van der Waals surface area contributed by atoms with Crippen LogP contribution in [0.1, 0.15) is 25.8 Å². The van der Waals surface area contributed by atoms with Crippen LogP contribution in [0.5, 0.6) is 11.5 Å². The number of hydrogen-bond donors (Lipinski definition) is 1. The fourth-order valence-corrected chi connectivity index (χ4v) is 5.49. The molecule has 2 saturated heterocycles. The molecular weight excluding hydrogens is 406 g/mol. The minimum atomic E-state index is -0.101. The van der Waals surface area contributed by atoms with Crippen LogP contribution in [0.4, 0.5) is 0 Å². The van der Waals surface area contributed by atoms with Crippen LogP contribution in [-0.4, -0.2) is 70.0 Å². The molecule has 32 heavy (non-hydrogen) atoms. The Morgan fingerprint density at radius 3 is 2.47 bits per heavy atom. The molecule has 2 atom stereocenters. The second kappa shape index (κ2) is 7.94. The fourth-order valence-electron chi connectivity index (χ4n) is 5.49. The smallest absolute Gasteiger partial charge is 0.276 e. The fraction of sp³-hybridized carbons (Fsp3) is 0.500. The molecule has 1 N–H and O–H groups in total. The summed E-state index contributed by atoms with van der Waals surface area (Å²) in [4.78, 5) is 17.6. The van der Waals surface area contributed by atoms with Gasteiger partial charge in [0.05, 0.1) is 26.0 Å². The van der Waals surface area contributed by atoms with Crippen LogP contribution in [0.15, 0.2) is 29.3 Å². The van der Waals surface area contributed by atoms with Gasteiger partial charge in [-0.05, 0) is 38.0 Å². The average molecular weight is 438 g/mol. The number of aryl methyl sites for hydroxylation is 1.